The highest BCUT2D eigenvalue weighted by Crippen LogP contribution is 2.32. The predicted molar refractivity (Wildman–Crippen MR) is 101 cm³/mol. The molecule has 0 saturated heterocycles. The van der Waals surface area contributed by atoms with E-state index in [1.54, 1.807) is 37.5 Å². The number of carbonyl (C=O) groups is 1. The van der Waals surface area contributed by atoms with E-state index in [0.717, 1.165) is 37.9 Å². The number of phenolic OH excluding ortho intramolecular Hbond substituents is 1. The maximum atomic E-state index is 12.1. The number of aromatic nitrogens is 1. The quantitative estimate of drug-likeness (QED) is 0.563. The summed E-state index contributed by atoms with van der Waals surface area (Å²) >= 11 is 0. The molecule has 2 N–H and O–H groups in total. The van der Waals surface area contributed by atoms with Crippen LogP contribution in [0, 0.1) is 0 Å². The number of pyridine rings is 1. The van der Waals surface area contributed by atoms with Gasteiger partial charge in [-0.25, -0.2) is 0 Å². The molecule has 1 unspecified atom stereocenters. The Balaban J connectivity index is 2.23. The summed E-state index contributed by atoms with van der Waals surface area (Å²) in [4.78, 5) is 18.7. The van der Waals surface area contributed by atoms with Gasteiger partial charge in [0.25, 0.3) is 0 Å². The van der Waals surface area contributed by atoms with Crippen molar-refractivity contribution < 1.29 is 15.0 Å². The van der Waals surface area contributed by atoms with Crippen LogP contribution in [-0.4, -0.2) is 59.4 Å². The number of benzene rings is 1. The molecule has 1 aromatic carbocycles. The smallest absolute Gasteiger partial charge is 0.508 e. The molecule has 0 aliphatic carbocycles. The van der Waals surface area contributed by atoms with Crippen LogP contribution in [0.3, 0.4) is 0 Å². The highest BCUT2D eigenvalue weighted by Gasteiger charge is 2.35. The number of unbranched alkanes of at least 4 members (excludes halogenated alkanes) is 1. The summed E-state index contributed by atoms with van der Waals surface area (Å²) in [5, 5.41) is 20.3. The first-order chi connectivity index (χ1) is 11.9. The second kappa shape index (κ2) is 8.27. The number of aromatic hydroxyl groups is 1. The highest BCUT2D eigenvalue weighted by atomic mass is 16.4. The number of quaternary nitrogens is 1. The summed E-state index contributed by atoms with van der Waals surface area (Å²) < 4.78 is -0.192. The Morgan fingerprint density at radius 1 is 1.20 bits per heavy atom. The van der Waals surface area contributed by atoms with Gasteiger partial charge in [0.15, 0.2) is 5.69 Å². The average molecular weight is 346 g/mol. The van der Waals surface area contributed by atoms with Gasteiger partial charge in [0.1, 0.15) is 5.75 Å². The molecule has 2 rings (SSSR count). The molecule has 2 aromatic rings. The third kappa shape index (κ3) is 4.27. The minimum absolute atomic E-state index is 0.126. The Hall–Kier alpha value is -2.18. The normalized spacial score (nSPS) is 13.9. The van der Waals surface area contributed by atoms with Crippen molar-refractivity contribution in [2.24, 2.45) is 0 Å². The van der Waals surface area contributed by atoms with Gasteiger partial charge < -0.3 is 15.1 Å². The van der Waals surface area contributed by atoms with E-state index in [4.69, 9.17) is 0 Å². The second-order valence-corrected chi connectivity index (χ2v) is 6.46. The number of hydrogen-bond donors (Lipinski definition) is 2. The van der Waals surface area contributed by atoms with Crippen LogP contribution in [-0.2, 0) is 0 Å². The molecule has 136 valence electrons. The fraction of sp³-hybridized carbons (Fsp3) is 0.474. The topological polar surface area (TPSA) is 73.7 Å². The van der Waals surface area contributed by atoms with Crippen LogP contribution in [0.25, 0.3) is 10.9 Å². The SMILES string of the molecule is CCN(CC)CCCC[N+](C)(C(=O)O)c1ccnc2cc(O)ccc12. The van der Waals surface area contributed by atoms with Crippen molar-refractivity contribution in [3.05, 3.63) is 30.5 Å². The first-order valence-electron chi connectivity index (χ1n) is 8.82. The van der Waals surface area contributed by atoms with Crippen LogP contribution in [0.4, 0.5) is 10.5 Å². The van der Waals surface area contributed by atoms with E-state index in [1.165, 1.54) is 0 Å². The van der Waals surface area contributed by atoms with E-state index in [-0.39, 0.29) is 10.2 Å². The first-order valence-corrected chi connectivity index (χ1v) is 8.82. The van der Waals surface area contributed by atoms with Crippen molar-refractivity contribution >= 4 is 22.7 Å². The lowest BCUT2D eigenvalue weighted by atomic mass is 10.1. The lowest BCUT2D eigenvalue weighted by Gasteiger charge is -2.29. The first kappa shape index (κ1) is 19.1. The van der Waals surface area contributed by atoms with Crippen molar-refractivity contribution in [2.75, 3.05) is 33.2 Å². The molecule has 0 bridgehead atoms. The Bertz CT molecular complexity index is 731. The number of amides is 1. The van der Waals surface area contributed by atoms with E-state index >= 15 is 0 Å². The van der Waals surface area contributed by atoms with Crippen LogP contribution >= 0.6 is 0 Å². The summed E-state index contributed by atoms with van der Waals surface area (Å²) in [6.07, 6.45) is 2.50. The van der Waals surface area contributed by atoms with Crippen LogP contribution in [0.1, 0.15) is 26.7 Å². The molecule has 0 saturated carbocycles. The molecule has 1 aromatic heterocycles. The molecule has 0 radical (unpaired) electrons. The highest BCUT2D eigenvalue weighted by molar-refractivity contribution is 5.96. The van der Waals surface area contributed by atoms with Gasteiger partial charge in [-0.3, -0.25) is 4.98 Å². The van der Waals surface area contributed by atoms with Crippen molar-refractivity contribution in [1.82, 2.24) is 14.4 Å². The Morgan fingerprint density at radius 2 is 1.92 bits per heavy atom. The van der Waals surface area contributed by atoms with Gasteiger partial charge in [-0.2, -0.15) is 9.28 Å². The number of fused-ring (bicyclic) bond motifs is 1. The van der Waals surface area contributed by atoms with Gasteiger partial charge >= 0.3 is 6.09 Å². The van der Waals surface area contributed by atoms with Gasteiger partial charge in [0, 0.05) is 18.3 Å². The fourth-order valence-corrected chi connectivity index (χ4v) is 3.17. The molecular formula is C19H28N3O3+. The summed E-state index contributed by atoms with van der Waals surface area (Å²) in [7, 11) is 1.72. The van der Waals surface area contributed by atoms with E-state index in [1.807, 2.05) is 0 Å². The van der Waals surface area contributed by atoms with E-state index in [2.05, 4.69) is 23.7 Å². The number of phenols is 1. The standard InChI is InChI=1S/C19H27N3O3/c1-4-21(5-2)12-6-7-13-22(3,19(24)25)18-10-11-20-17-14-15(23)8-9-16(17)18/h8-11,14H,4-7,12-13H2,1-3H3,(H-,20,23,24,25)/p+1. The van der Waals surface area contributed by atoms with Gasteiger partial charge in [-0.05, 0) is 44.6 Å². The van der Waals surface area contributed by atoms with Gasteiger partial charge in [-0.1, -0.05) is 13.8 Å². The molecule has 6 heteroatoms. The predicted octanol–water partition coefficient (Wildman–Crippen LogP) is 3.68. The van der Waals surface area contributed by atoms with Crippen molar-refractivity contribution in [3.63, 3.8) is 0 Å². The van der Waals surface area contributed by atoms with Crippen LogP contribution in [0.5, 0.6) is 5.75 Å². The zero-order valence-corrected chi connectivity index (χ0v) is 15.3. The summed E-state index contributed by atoms with van der Waals surface area (Å²) in [6, 6.07) is 6.63. The van der Waals surface area contributed by atoms with Gasteiger partial charge in [0.05, 0.1) is 24.5 Å². The lowest BCUT2D eigenvalue weighted by molar-refractivity contribution is 0.155. The Kier molecular flexibility index (Phi) is 6.33. The molecule has 1 amide bonds. The van der Waals surface area contributed by atoms with Crippen molar-refractivity contribution in [2.45, 2.75) is 26.7 Å². The monoisotopic (exact) mass is 346 g/mol. The largest absolute Gasteiger partial charge is 0.518 e. The molecule has 1 atom stereocenters. The second-order valence-electron chi connectivity index (χ2n) is 6.46. The molecule has 1 heterocycles. The zero-order valence-electron chi connectivity index (χ0n) is 15.3. The summed E-state index contributed by atoms with van der Waals surface area (Å²) in [5.41, 5.74) is 1.30. The minimum atomic E-state index is -0.886. The van der Waals surface area contributed by atoms with Crippen LogP contribution in [0.2, 0.25) is 0 Å². The number of hydrogen-bond acceptors (Lipinski definition) is 4. The molecule has 0 aliphatic rings. The Labute approximate surface area is 148 Å². The van der Waals surface area contributed by atoms with Crippen molar-refractivity contribution in [1.29, 1.82) is 0 Å². The Morgan fingerprint density at radius 3 is 2.56 bits per heavy atom. The van der Waals surface area contributed by atoms with Crippen molar-refractivity contribution in [3.8, 4) is 5.75 Å². The zero-order chi connectivity index (χ0) is 18.4. The molecule has 0 fully saturated rings. The number of nitrogens with zero attached hydrogens (tertiary/aromatic N) is 3. The lowest BCUT2D eigenvalue weighted by Crippen LogP contribution is -2.50. The summed E-state index contributed by atoms with van der Waals surface area (Å²) in [5.74, 6) is 0.126. The van der Waals surface area contributed by atoms with Gasteiger partial charge in [0.2, 0.25) is 0 Å². The maximum Gasteiger partial charge on any atom is 0.518 e. The summed E-state index contributed by atoms with van der Waals surface area (Å²) in [6.45, 7) is 7.80. The molecule has 0 aliphatic heterocycles. The van der Waals surface area contributed by atoms with E-state index in [9.17, 15) is 15.0 Å². The number of carboxylic acid groups (broad SMARTS) is 1. The van der Waals surface area contributed by atoms with Crippen LogP contribution in [0.15, 0.2) is 30.5 Å². The average Bonchev–Trinajstić information content (AvgIpc) is 2.60. The van der Waals surface area contributed by atoms with Crippen LogP contribution < -0.4 is 4.48 Å². The third-order valence-corrected chi connectivity index (χ3v) is 4.88. The molecular weight excluding hydrogens is 318 g/mol. The van der Waals surface area contributed by atoms with Gasteiger partial charge in [-0.15, -0.1) is 0 Å². The molecule has 6 nitrogen and oxygen atoms in total. The fourth-order valence-electron chi connectivity index (χ4n) is 3.17. The third-order valence-electron chi connectivity index (χ3n) is 4.88. The molecule has 0 spiro atoms. The minimum Gasteiger partial charge on any atom is -0.508 e. The van der Waals surface area contributed by atoms with E-state index in [0.29, 0.717) is 17.7 Å². The number of rotatable bonds is 8. The molecule has 25 heavy (non-hydrogen) atoms. The van der Waals surface area contributed by atoms with E-state index < -0.39 is 6.09 Å². The maximum absolute atomic E-state index is 12.1.